The van der Waals surface area contributed by atoms with Crippen molar-refractivity contribution in [2.24, 2.45) is 0 Å². The van der Waals surface area contributed by atoms with Gasteiger partial charge in [-0.3, -0.25) is 14.8 Å². The maximum Gasteiger partial charge on any atom is 0.277 e. The first kappa shape index (κ1) is 20.5. The molecule has 4 aromatic rings. The third-order valence-electron chi connectivity index (χ3n) is 5.48. The summed E-state index contributed by atoms with van der Waals surface area (Å²) in [5, 5.41) is 7.38. The Bertz CT molecular complexity index is 1290. The molecule has 0 fully saturated rings. The molecule has 5 rings (SSSR count). The molecule has 0 bridgehead atoms. The number of anilines is 1. The van der Waals surface area contributed by atoms with Gasteiger partial charge in [-0.25, -0.2) is 4.39 Å². The molecule has 1 aliphatic rings. The second-order valence-electron chi connectivity index (χ2n) is 7.43. The number of fused-ring (bicyclic) bond motifs is 1. The summed E-state index contributed by atoms with van der Waals surface area (Å²) in [6, 6.07) is 20.9. The van der Waals surface area contributed by atoms with Crippen LogP contribution in [-0.4, -0.2) is 22.7 Å². The first-order valence-corrected chi connectivity index (χ1v) is 11.0. The minimum Gasteiger partial charge on any atom is -0.494 e. The Hall–Kier alpha value is -3.45. The number of aromatic nitrogens is 2. The highest BCUT2D eigenvalue weighted by Gasteiger charge is 2.43. The lowest BCUT2D eigenvalue weighted by Crippen LogP contribution is -2.29. The lowest BCUT2D eigenvalue weighted by molar-refractivity contribution is 0.0988. The maximum absolute atomic E-state index is 14.2. The second kappa shape index (κ2) is 8.24. The molecule has 0 spiro atoms. The zero-order valence-electron chi connectivity index (χ0n) is 17.2. The maximum atomic E-state index is 14.2. The summed E-state index contributed by atoms with van der Waals surface area (Å²) < 4.78 is 20.6. The van der Waals surface area contributed by atoms with Gasteiger partial charge in [0.25, 0.3) is 5.91 Å². The predicted octanol–water partition coefficient (Wildman–Crippen LogP) is 6.13. The van der Waals surface area contributed by atoms with Crippen LogP contribution in [0.1, 0.15) is 34.6 Å². The van der Waals surface area contributed by atoms with Crippen molar-refractivity contribution in [3.63, 3.8) is 0 Å². The van der Waals surface area contributed by atoms with Gasteiger partial charge < -0.3 is 4.74 Å². The summed E-state index contributed by atoms with van der Waals surface area (Å²) in [4.78, 5) is 15.1. The van der Waals surface area contributed by atoms with Crippen molar-refractivity contribution in [3.05, 3.63) is 99.9 Å². The zero-order chi connectivity index (χ0) is 22.2. The highest BCUT2D eigenvalue weighted by Crippen LogP contribution is 2.45. The molecule has 1 aliphatic heterocycles. The molecule has 3 aromatic carbocycles. The van der Waals surface area contributed by atoms with E-state index in [2.05, 4.69) is 26.1 Å². The number of hydrogen-bond acceptors (Lipinski definition) is 3. The minimum atomic E-state index is -0.519. The Labute approximate surface area is 193 Å². The average Bonchev–Trinajstić information content (AvgIpc) is 3.34. The molecule has 0 radical (unpaired) electrons. The van der Waals surface area contributed by atoms with E-state index < -0.39 is 6.04 Å². The van der Waals surface area contributed by atoms with E-state index >= 15 is 0 Å². The fraction of sp³-hybridized carbons (Fsp3) is 0.120. The van der Waals surface area contributed by atoms with E-state index in [1.807, 2.05) is 61.5 Å². The zero-order valence-corrected chi connectivity index (χ0v) is 18.8. The van der Waals surface area contributed by atoms with Gasteiger partial charge in [0.1, 0.15) is 17.3 Å². The number of nitrogens with zero attached hydrogens (tertiary/aromatic N) is 2. The van der Waals surface area contributed by atoms with Crippen molar-refractivity contribution in [3.8, 4) is 17.0 Å². The summed E-state index contributed by atoms with van der Waals surface area (Å²) in [6.45, 7) is 2.51. The second-order valence-corrected chi connectivity index (χ2v) is 8.34. The number of carbonyl (C=O) groups excluding carboxylic acids is 1. The number of halogens is 2. The Morgan fingerprint density at radius 3 is 2.53 bits per heavy atom. The van der Waals surface area contributed by atoms with Crippen molar-refractivity contribution < 1.29 is 13.9 Å². The number of rotatable bonds is 5. The topological polar surface area (TPSA) is 58.2 Å². The fourth-order valence-electron chi connectivity index (χ4n) is 4.10. The van der Waals surface area contributed by atoms with E-state index in [0.717, 1.165) is 27.0 Å². The molecule has 2 heterocycles. The Kier molecular flexibility index (Phi) is 5.27. The molecule has 1 aromatic heterocycles. The van der Waals surface area contributed by atoms with Crippen molar-refractivity contribution in [1.82, 2.24) is 10.2 Å². The fourth-order valence-corrected chi connectivity index (χ4v) is 4.37. The monoisotopic (exact) mass is 491 g/mol. The number of carbonyl (C=O) groups is 1. The smallest absolute Gasteiger partial charge is 0.277 e. The number of nitrogens with one attached hydrogen (secondary N) is 1. The van der Waals surface area contributed by atoms with Crippen molar-refractivity contribution >= 4 is 27.5 Å². The van der Waals surface area contributed by atoms with Crippen LogP contribution in [0, 0.1) is 5.82 Å². The third kappa shape index (κ3) is 3.48. The van der Waals surface area contributed by atoms with Crippen molar-refractivity contribution in [2.75, 3.05) is 11.5 Å². The molecule has 0 saturated carbocycles. The molecular weight excluding hydrogens is 473 g/mol. The Balaban J connectivity index is 1.67. The van der Waals surface area contributed by atoms with Crippen LogP contribution in [0.2, 0.25) is 0 Å². The van der Waals surface area contributed by atoms with Gasteiger partial charge in [-0.15, -0.1) is 0 Å². The number of hydrogen-bond donors (Lipinski definition) is 1. The van der Waals surface area contributed by atoms with Crippen LogP contribution in [0.25, 0.3) is 11.3 Å². The van der Waals surface area contributed by atoms with E-state index in [4.69, 9.17) is 4.74 Å². The van der Waals surface area contributed by atoms with E-state index in [9.17, 15) is 9.18 Å². The van der Waals surface area contributed by atoms with Crippen LogP contribution in [0.3, 0.4) is 0 Å². The summed E-state index contributed by atoms with van der Waals surface area (Å²) in [6.07, 6.45) is 0. The Morgan fingerprint density at radius 2 is 1.84 bits per heavy atom. The van der Waals surface area contributed by atoms with E-state index in [-0.39, 0.29) is 11.7 Å². The van der Waals surface area contributed by atoms with Gasteiger partial charge >= 0.3 is 0 Å². The molecule has 32 heavy (non-hydrogen) atoms. The number of H-pyrrole nitrogens is 1. The van der Waals surface area contributed by atoms with Gasteiger partial charge in [0.2, 0.25) is 0 Å². The van der Waals surface area contributed by atoms with Gasteiger partial charge in [-0.2, -0.15) is 5.10 Å². The molecule has 5 nitrogen and oxygen atoms in total. The number of ether oxygens (including phenoxy) is 1. The number of benzene rings is 3. The molecule has 0 aliphatic carbocycles. The number of amides is 1. The molecule has 7 heteroatoms. The molecule has 1 atom stereocenters. The van der Waals surface area contributed by atoms with Crippen LogP contribution >= 0.6 is 15.9 Å². The molecular formula is C25H19BrFN3O2. The largest absolute Gasteiger partial charge is 0.494 e. The van der Waals surface area contributed by atoms with Crippen LogP contribution in [-0.2, 0) is 0 Å². The van der Waals surface area contributed by atoms with E-state index in [1.54, 1.807) is 11.0 Å². The lowest BCUT2D eigenvalue weighted by atomic mass is 9.95. The van der Waals surface area contributed by atoms with E-state index in [1.165, 1.54) is 12.1 Å². The van der Waals surface area contributed by atoms with Crippen LogP contribution in [0.15, 0.2) is 77.3 Å². The lowest BCUT2D eigenvalue weighted by Gasteiger charge is -2.26. The first-order chi connectivity index (χ1) is 15.6. The van der Waals surface area contributed by atoms with Crippen LogP contribution in [0.5, 0.6) is 5.75 Å². The molecule has 1 amide bonds. The quantitative estimate of drug-likeness (QED) is 0.365. The average molecular weight is 492 g/mol. The molecule has 1 N–H and O–H groups in total. The molecule has 0 unspecified atom stereocenters. The molecule has 0 saturated heterocycles. The summed E-state index contributed by atoms with van der Waals surface area (Å²) in [5.74, 6) is 0.198. The van der Waals surface area contributed by atoms with Crippen LogP contribution < -0.4 is 9.64 Å². The highest BCUT2D eigenvalue weighted by molar-refractivity contribution is 9.10. The normalized spacial score (nSPS) is 15.2. The van der Waals surface area contributed by atoms with Crippen molar-refractivity contribution in [2.45, 2.75) is 13.0 Å². The summed E-state index contributed by atoms with van der Waals surface area (Å²) in [7, 11) is 0. The Morgan fingerprint density at radius 1 is 1.09 bits per heavy atom. The standard InChI is InChI=1S/C25H19BrFN3O2/c1-2-32-20-12-6-15(7-13-20)22-21-23(29-28-22)25(31)30(19-10-8-17(26)9-11-19)24(21)16-4-3-5-18(27)14-16/h3-14,24H,2H2,1H3,(H,28,29)/t24-/m0/s1. The highest BCUT2D eigenvalue weighted by atomic mass is 79.9. The van der Waals surface area contributed by atoms with Crippen molar-refractivity contribution in [1.29, 1.82) is 0 Å². The molecule has 160 valence electrons. The van der Waals surface area contributed by atoms with Gasteiger partial charge in [0, 0.05) is 21.3 Å². The van der Waals surface area contributed by atoms with Gasteiger partial charge in [0.15, 0.2) is 0 Å². The summed E-state index contributed by atoms with van der Waals surface area (Å²) >= 11 is 3.44. The minimum absolute atomic E-state index is 0.207. The van der Waals surface area contributed by atoms with Gasteiger partial charge in [-0.05, 0) is 73.2 Å². The number of aromatic amines is 1. The SMILES string of the molecule is CCOc1ccc(-c2n[nH]c3c2[C@H](c2cccc(F)c2)N(c2ccc(Br)cc2)C3=O)cc1. The van der Waals surface area contributed by atoms with E-state index in [0.29, 0.717) is 23.6 Å². The van der Waals surface area contributed by atoms with Crippen LogP contribution in [0.4, 0.5) is 10.1 Å². The van der Waals surface area contributed by atoms with Gasteiger partial charge in [0.05, 0.1) is 18.3 Å². The summed E-state index contributed by atoms with van der Waals surface area (Å²) in [5.41, 5.74) is 4.03. The van der Waals surface area contributed by atoms with Gasteiger partial charge in [-0.1, -0.05) is 28.1 Å². The first-order valence-electron chi connectivity index (χ1n) is 10.2. The third-order valence-corrected chi connectivity index (χ3v) is 6.00. The predicted molar refractivity (Wildman–Crippen MR) is 124 cm³/mol.